The van der Waals surface area contributed by atoms with Crippen LogP contribution in [0.15, 0.2) is 0 Å². The molecular formula is C10H17NO2S. The number of rotatable bonds is 0. The number of quaternary nitrogens is 1. The Kier molecular flexibility index (Phi) is 1.94. The molecule has 80 valence electrons. The van der Waals surface area contributed by atoms with Crippen molar-refractivity contribution in [2.75, 3.05) is 25.4 Å². The van der Waals surface area contributed by atoms with Crippen molar-refractivity contribution in [3.8, 4) is 0 Å². The minimum absolute atomic E-state index is 0.0176. The Balaban J connectivity index is 1.87. The Hall–Kier alpha value is 0.230. The predicted octanol–water partition coefficient (Wildman–Crippen LogP) is 1.57. The molecule has 0 N–H and O–H groups in total. The van der Waals surface area contributed by atoms with Gasteiger partial charge in [0.1, 0.15) is 17.6 Å². The third kappa shape index (κ3) is 1.24. The Morgan fingerprint density at radius 2 is 2.14 bits per heavy atom. The SMILES string of the molecule is CC1O[C@]2(CS1)C[N+]1([O-])CCC2CC1. The van der Waals surface area contributed by atoms with Crippen molar-refractivity contribution in [2.45, 2.75) is 30.8 Å². The summed E-state index contributed by atoms with van der Waals surface area (Å²) in [6.07, 6.45) is 2.16. The zero-order chi connectivity index (χ0) is 9.81. The minimum Gasteiger partial charge on any atom is -0.633 e. The van der Waals surface area contributed by atoms with Crippen molar-refractivity contribution >= 4 is 11.8 Å². The normalized spacial score (nSPS) is 57.0. The highest BCUT2D eigenvalue weighted by Crippen LogP contribution is 2.48. The molecule has 0 amide bonds. The number of hydrogen-bond donors (Lipinski definition) is 0. The average Bonchev–Trinajstić information content (AvgIpc) is 2.47. The van der Waals surface area contributed by atoms with Crippen LogP contribution in [0.2, 0.25) is 0 Å². The van der Waals surface area contributed by atoms with Gasteiger partial charge in [0.05, 0.1) is 13.1 Å². The van der Waals surface area contributed by atoms with Gasteiger partial charge in [-0.15, -0.1) is 11.8 Å². The number of thioether (sulfide) groups is 1. The van der Waals surface area contributed by atoms with Crippen LogP contribution in [-0.2, 0) is 4.74 Å². The predicted molar refractivity (Wildman–Crippen MR) is 56.7 cm³/mol. The molecule has 2 atom stereocenters. The summed E-state index contributed by atoms with van der Waals surface area (Å²) < 4.78 is 6.05. The first-order chi connectivity index (χ1) is 6.62. The fourth-order valence-corrected chi connectivity index (χ4v) is 4.46. The van der Waals surface area contributed by atoms with Crippen molar-refractivity contribution in [3.63, 3.8) is 0 Å². The molecule has 1 unspecified atom stereocenters. The van der Waals surface area contributed by atoms with E-state index in [0.717, 1.165) is 38.2 Å². The van der Waals surface area contributed by atoms with Gasteiger partial charge in [-0.25, -0.2) is 0 Å². The van der Waals surface area contributed by atoms with E-state index < -0.39 is 0 Å². The van der Waals surface area contributed by atoms with Crippen LogP contribution in [0.4, 0.5) is 0 Å². The van der Waals surface area contributed by atoms with Gasteiger partial charge in [0, 0.05) is 24.5 Å². The lowest BCUT2D eigenvalue weighted by Crippen LogP contribution is -2.67. The number of fused-ring (bicyclic) bond motifs is 2. The molecule has 0 aliphatic carbocycles. The van der Waals surface area contributed by atoms with Crippen molar-refractivity contribution in [1.82, 2.24) is 0 Å². The maximum absolute atomic E-state index is 12.2. The van der Waals surface area contributed by atoms with Gasteiger partial charge in [0.2, 0.25) is 0 Å². The lowest BCUT2D eigenvalue weighted by atomic mass is 9.76. The summed E-state index contributed by atoms with van der Waals surface area (Å²) in [5.41, 5.74) is 0.240. The summed E-state index contributed by atoms with van der Waals surface area (Å²) in [5.74, 6) is 1.70. The first-order valence-corrected chi connectivity index (χ1v) is 6.53. The molecule has 4 heteroatoms. The molecular weight excluding hydrogens is 198 g/mol. The molecule has 4 fully saturated rings. The molecule has 14 heavy (non-hydrogen) atoms. The van der Waals surface area contributed by atoms with Gasteiger partial charge >= 0.3 is 0 Å². The monoisotopic (exact) mass is 215 g/mol. The number of ether oxygens (including phenoxy) is 1. The van der Waals surface area contributed by atoms with E-state index in [1.165, 1.54) is 0 Å². The third-order valence-electron chi connectivity index (χ3n) is 4.03. The van der Waals surface area contributed by atoms with Crippen LogP contribution in [0, 0.1) is 11.1 Å². The van der Waals surface area contributed by atoms with Crippen molar-refractivity contribution in [3.05, 3.63) is 5.21 Å². The standard InChI is InChI=1S/C10H17NO2S/c1-8-13-10(7-14-8)6-11(12)4-2-9(10)3-5-11/h8-9H,2-7H2,1H3/t8?,9?,10-,11?/m0/s1. The number of hydroxylamine groups is 3. The lowest BCUT2D eigenvalue weighted by molar-refractivity contribution is -0.905. The Bertz CT molecular complexity index is 253. The van der Waals surface area contributed by atoms with Crippen LogP contribution < -0.4 is 0 Å². The first kappa shape index (κ1) is 9.46. The highest BCUT2D eigenvalue weighted by molar-refractivity contribution is 8.00. The van der Waals surface area contributed by atoms with E-state index in [1.54, 1.807) is 0 Å². The molecule has 0 radical (unpaired) electrons. The third-order valence-corrected chi connectivity index (χ3v) is 5.25. The van der Waals surface area contributed by atoms with Gasteiger partial charge in [-0.2, -0.15) is 0 Å². The maximum Gasteiger partial charge on any atom is 0.131 e. The lowest BCUT2D eigenvalue weighted by Gasteiger charge is -2.59. The second-order valence-electron chi connectivity index (χ2n) is 5.00. The molecule has 0 aromatic rings. The summed E-state index contributed by atoms with van der Waals surface area (Å²) in [4.78, 5) is 0. The molecule has 3 nitrogen and oxygen atoms in total. The average molecular weight is 215 g/mol. The van der Waals surface area contributed by atoms with Gasteiger partial charge in [-0.3, -0.25) is 0 Å². The van der Waals surface area contributed by atoms with Gasteiger partial charge in [-0.05, 0) is 6.92 Å². The Morgan fingerprint density at radius 1 is 1.43 bits per heavy atom. The summed E-state index contributed by atoms with van der Waals surface area (Å²) in [6.45, 7) is 4.48. The number of piperidine rings is 3. The van der Waals surface area contributed by atoms with E-state index in [-0.39, 0.29) is 10.2 Å². The molecule has 4 rings (SSSR count). The van der Waals surface area contributed by atoms with E-state index in [0.29, 0.717) is 11.4 Å². The zero-order valence-corrected chi connectivity index (χ0v) is 9.39. The maximum atomic E-state index is 12.2. The highest BCUT2D eigenvalue weighted by Gasteiger charge is 2.56. The van der Waals surface area contributed by atoms with Crippen LogP contribution >= 0.6 is 11.8 Å². The molecule has 4 aliphatic rings. The fraction of sp³-hybridized carbons (Fsp3) is 1.00. The van der Waals surface area contributed by atoms with Crippen LogP contribution in [0.3, 0.4) is 0 Å². The highest BCUT2D eigenvalue weighted by atomic mass is 32.2. The van der Waals surface area contributed by atoms with Gasteiger partial charge < -0.3 is 14.6 Å². The van der Waals surface area contributed by atoms with Crippen molar-refractivity contribution in [1.29, 1.82) is 0 Å². The second-order valence-corrected chi connectivity index (χ2v) is 6.28. The largest absolute Gasteiger partial charge is 0.633 e. The zero-order valence-electron chi connectivity index (χ0n) is 8.57. The van der Waals surface area contributed by atoms with Gasteiger partial charge in [-0.1, -0.05) is 0 Å². The molecule has 0 aromatic carbocycles. The van der Waals surface area contributed by atoms with Crippen LogP contribution in [0.5, 0.6) is 0 Å². The van der Waals surface area contributed by atoms with E-state index in [9.17, 15) is 5.21 Å². The molecule has 0 saturated carbocycles. The summed E-state index contributed by atoms with van der Waals surface area (Å²) in [7, 11) is 0. The Morgan fingerprint density at radius 3 is 2.64 bits per heavy atom. The first-order valence-electron chi connectivity index (χ1n) is 5.49. The van der Waals surface area contributed by atoms with E-state index in [1.807, 2.05) is 11.8 Å². The molecule has 2 bridgehead atoms. The molecule has 4 aliphatic heterocycles. The number of nitrogens with zero attached hydrogens (tertiary/aromatic N) is 1. The fourth-order valence-electron chi connectivity index (χ4n) is 3.29. The van der Waals surface area contributed by atoms with Crippen molar-refractivity contribution in [2.24, 2.45) is 5.92 Å². The van der Waals surface area contributed by atoms with Crippen molar-refractivity contribution < 1.29 is 9.38 Å². The van der Waals surface area contributed by atoms with E-state index in [4.69, 9.17) is 4.74 Å². The Labute approximate surface area is 89.0 Å². The smallest absolute Gasteiger partial charge is 0.131 e. The van der Waals surface area contributed by atoms with E-state index in [2.05, 4.69) is 6.92 Å². The van der Waals surface area contributed by atoms with Crippen LogP contribution in [0.1, 0.15) is 19.8 Å². The topological polar surface area (TPSA) is 32.3 Å². The summed E-state index contributed by atoms with van der Waals surface area (Å²) in [6, 6.07) is 0. The summed E-state index contributed by atoms with van der Waals surface area (Å²) >= 11 is 1.87. The second kappa shape index (κ2) is 2.88. The summed E-state index contributed by atoms with van der Waals surface area (Å²) in [5, 5.41) is 12.2. The molecule has 4 saturated heterocycles. The molecule has 1 spiro atoms. The molecule has 4 heterocycles. The van der Waals surface area contributed by atoms with E-state index >= 15 is 0 Å². The number of hydrogen-bond acceptors (Lipinski definition) is 3. The minimum atomic E-state index is -0.0532. The molecule has 0 aromatic heterocycles. The quantitative estimate of drug-likeness (QED) is 0.454. The van der Waals surface area contributed by atoms with Crippen LogP contribution in [0.25, 0.3) is 0 Å². The van der Waals surface area contributed by atoms with Gasteiger partial charge in [0.25, 0.3) is 0 Å². The van der Waals surface area contributed by atoms with Gasteiger partial charge in [0.15, 0.2) is 0 Å². The van der Waals surface area contributed by atoms with Crippen LogP contribution in [-0.4, -0.2) is 41.1 Å².